The number of rotatable bonds is 7. The molecule has 1 heteroatoms. The monoisotopic (exact) mass is 342 g/mol. The van der Waals surface area contributed by atoms with E-state index in [-0.39, 0.29) is 0 Å². The van der Waals surface area contributed by atoms with Gasteiger partial charge in [0, 0.05) is 11.2 Å². The van der Waals surface area contributed by atoms with Gasteiger partial charge in [-0.1, -0.05) is 90.1 Å². The highest BCUT2D eigenvalue weighted by atomic mass is 79.9. The predicted octanol–water partition coefficient (Wildman–Crippen LogP) is 6.53. The van der Waals surface area contributed by atoms with E-state index in [9.17, 15) is 0 Å². The number of fused-ring (bicyclic) bond motifs is 3. The second-order valence-corrected chi connectivity index (χ2v) is 6.77. The fourth-order valence-corrected chi connectivity index (χ4v) is 3.94. The number of unbranched alkanes of at least 4 members (excludes halogenated alkanes) is 4. The van der Waals surface area contributed by atoms with Crippen LogP contribution in [0.4, 0.5) is 0 Å². The Morgan fingerprint density at radius 2 is 1.19 bits per heavy atom. The molecule has 0 atom stereocenters. The van der Waals surface area contributed by atoms with Crippen LogP contribution in [0.3, 0.4) is 0 Å². The zero-order valence-corrected chi connectivity index (χ0v) is 14.1. The average Bonchev–Trinajstić information content (AvgIpc) is 2.85. The minimum atomic E-state index is 0.619. The minimum Gasteiger partial charge on any atom is -0.0928 e. The Morgan fingerprint density at radius 1 is 0.667 bits per heavy atom. The van der Waals surface area contributed by atoms with E-state index in [0.717, 1.165) is 5.33 Å². The first kappa shape index (κ1) is 14.8. The van der Waals surface area contributed by atoms with Crippen LogP contribution in [-0.2, 0) is 0 Å². The first-order valence-corrected chi connectivity index (χ1v) is 9.28. The molecule has 0 radical (unpaired) electrons. The van der Waals surface area contributed by atoms with E-state index in [1.807, 2.05) is 0 Å². The van der Waals surface area contributed by atoms with Gasteiger partial charge in [-0.05, 0) is 35.1 Å². The van der Waals surface area contributed by atoms with Gasteiger partial charge in [0.2, 0.25) is 0 Å². The third-order valence-electron chi connectivity index (χ3n) is 4.59. The molecule has 2 aromatic carbocycles. The van der Waals surface area contributed by atoms with Crippen LogP contribution in [0.5, 0.6) is 0 Å². The van der Waals surface area contributed by atoms with E-state index in [4.69, 9.17) is 0 Å². The molecule has 0 spiro atoms. The second kappa shape index (κ2) is 7.26. The van der Waals surface area contributed by atoms with Crippen LogP contribution in [0.1, 0.15) is 55.6 Å². The Bertz CT molecular complexity index is 542. The molecule has 0 fully saturated rings. The molecule has 0 aliphatic heterocycles. The molecule has 2 aromatic rings. The molecule has 0 aromatic heterocycles. The third-order valence-corrected chi connectivity index (χ3v) is 5.15. The molecular weight excluding hydrogens is 320 g/mol. The molecule has 0 bridgehead atoms. The number of alkyl halides is 1. The molecule has 0 unspecified atom stereocenters. The summed E-state index contributed by atoms with van der Waals surface area (Å²) in [5.74, 6) is 0.619. The number of hydrogen-bond acceptors (Lipinski definition) is 0. The smallest absolute Gasteiger partial charge is 0.0102 e. The van der Waals surface area contributed by atoms with Crippen molar-refractivity contribution in [2.24, 2.45) is 0 Å². The van der Waals surface area contributed by atoms with Crippen LogP contribution in [0.25, 0.3) is 11.1 Å². The maximum absolute atomic E-state index is 3.51. The van der Waals surface area contributed by atoms with E-state index in [2.05, 4.69) is 64.5 Å². The van der Waals surface area contributed by atoms with Crippen LogP contribution in [0, 0.1) is 0 Å². The lowest BCUT2D eigenvalue weighted by atomic mass is 9.91. The largest absolute Gasteiger partial charge is 0.0928 e. The van der Waals surface area contributed by atoms with E-state index in [1.54, 1.807) is 11.1 Å². The van der Waals surface area contributed by atoms with Crippen LogP contribution in [0.15, 0.2) is 48.5 Å². The molecular formula is C20H23Br. The Kier molecular flexibility index (Phi) is 5.13. The molecule has 3 rings (SSSR count). The predicted molar refractivity (Wildman–Crippen MR) is 95.2 cm³/mol. The molecule has 0 amide bonds. The maximum Gasteiger partial charge on any atom is 0.0102 e. The van der Waals surface area contributed by atoms with Gasteiger partial charge < -0.3 is 0 Å². The number of halogens is 1. The van der Waals surface area contributed by atoms with Gasteiger partial charge >= 0.3 is 0 Å². The van der Waals surface area contributed by atoms with Crippen molar-refractivity contribution in [1.82, 2.24) is 0 Å². The SMILES string of the molecule is BrCCCCCCCC1c2ccccc2-c2ccccc21. The van der Waals surface area contributed by atoms with Crippen molar-refractivity contribution in [2.75, 3.05) is 5.33 Å². The fraction of sp³-hybridized carbons (Fsp3) is 0.400. The van der Waals surface area contributed by atoms with Crippen LogP contribution in [0.2, 0.25) is 0 Å². The molecule has 1 aliphatic carbocycles. The van der Waals surface area contributed by atoms with Crippen molar-refractivity contribution in [2.45, 2.75) is 44.4 Å². The molecule has 21 heavy (non-hydrogen) atoms. The lowest BCUT2D eigenvalue weighted by Gasteiger charge is -2.13. The highest BCUT2D eigenvalue weighted by molar-refractivity contribution is 9.09. The van der Waals surface area contributed by atoms with E-state index < -0.39 is 0 Å². The summed E-state index contributed by atoms with van der Waals surface area (Å²) in [4.78, 5) is 0. The second-order valence-electron chi connectivity index (χ2n) is 5.97. The summed E-state index contributed by atoms with van der Waals surface area (Å²) in [6.07, 6.45) is 8.06. The Labute approximate surface area is 136 Å². The lowest BCUT2D eigenvalue weighted by molar-refractivity contribution is 0.586. The zero-order valence-electron chi connectivity index (χ0n) is 12.5. The van der Waals surface area contributed by atoms with Gasteiger partial charge in [0.25, 0.3) is 0 Å². The zero-order chi connectivity index (χ0) is 14.5. The van der Waals surface area contributed by atoms with Gasteiger partial charge in [0.15, 0.2) is 0 Å². The van der Waals surface area contributed by atoms with Gasteiger partial charge in [-0.15, -0.1) is 0 Å². The quantitative estimate of drug-likeness (QED) is 0.396. The Balaban J connectivity index is 1.68. The summed E-state index contributed by atoms with van der Waals surface area (Å²) < 4.78 is 0. The topological polar surface area (TPSA) is 0 Å². The molecule has 0 saturated carbocycles. The molecule has 0 nitrogen and oxygen atoms in total. The lowest BCUT2D eigenvalue weighted by Crippen LogP contribution is -1.96. The summed E-state index contributed by atoms with van der Waals surface area (Å²) in [6.45, 7) is 0. The van der Waals surface area contributed by atoms with E-state index in [1.165, 1.54) is 49.7 Å². The van der Waals surface area contributed by atoms with Crippen LogP contribution >= 0.6 is 15.9 Å². The highest BCUT2D eigenvalue weighted by Gasteiger charge is 2.27. The van der Waals surface area contributed by atoms with Crippen LogP contribution < -0.4 is 0 Å². The molecule has 0 heterocycles. The van der Waals surface area contributed by atoms with Crippen molar-refractivity contribution in [3.8, 4) is 11.1 Å². The van der Waals surface area contributed by atoms with Crippen molar-refractivity contribution >= 4 is 15.9 Å². The molecule has 0 saturated heterocycles. The summed E-state index contributed by atoms with van der Waals surface area (Å²) in [5, 5.41) is 1.15. The first-order valence-electron chi connectivity index (χ1n) is 8.16. The number of benzene rings is 2. The minimum absolute atomic E-state index is 0.619. The van der Waals surface area contributed by atoms with Gasteiger partial charge in [0.05, 0.1) is 0 Å². The molecule has 110 valence electrons. The maximum atomic E-state index is 3.51. The summed E-state index contributed by atoms with van der Waals surface area (Å²) in [5.41, 5.74) is 5.99. The summed E-state index contributed by atoms with van der Waals surface area (Å²) >= 11 is 3.51. The summed E-state index contributed by atoms with van der Waals surface area (Å²) in [7, 11) is 0. The Morgan fingerprint density at radius 3 is 1.81 bits per heavy atom. The normalized spacial score (nSPS) is 13.2. The number of hydrogen-bond donors (Lipinski definition) is 0. The van der Waals surface area contributed by atoms with E-state index in [0.29, 0.717) is 5.92 Å². The van der Waals surface area contributed by atoms with Gasteiger partial charge in [0.1, 0.15) is 0 Å². The molecule has 1 aliphatic rings. The van der Waals surface area contributed by atoms with Crippen molar-refractivity contribution in [3.63, 3.8) is 0 Å². The summed E-state index contributed by atoms with van der Waals surface area (Å²) in [6, 6.07) is 17.9. The van der Waals surface area contributed by atoms with Gasteiger partial charge in [-0.2, -0.15) is 0 Å². The van der Waals surface area contributed by atoms with Gasteiger partial charge in [-0.3, -0.25) is 0 Å². The van der Waals surface area contributed by atoms with Crippen LogP contribution in [-0.4, -0.2) is 5.33 Å². The molecule has 0 N–H and O–H groups in total. The Hall–Kier alpha value is -1.08. The van der Waals surface area contributed by atoms with Crippen molar-refractivity contribution in [1.29, 1.82) is 0 Å². The average molecular weight is 343 g/mol. The van der Waals surface area contributed by atoms with Gasteiger partial charge in [-0.25, -0.2) is 0 Å². The third kappa shape index (κ3) is 3.23. The standard InChI is InChI=1S/C20H23Br/c21-15-9-3-1-2-4-10-16-17-11-5-7-13-19(17)20-14-8-6-12-18(16)20/h5-8,11-14,16H,1-4,9-10,15H2. The van der Waals surface area contributed by atoms with Crippen molar-refractivity contribution in [3.05, 3.63) is 59.7 Å². The van der Waals surface area contributed by atoms with Crippen molar-refractivity contribution < 1.29 is 0 Å². The first-order chi connectivity index (χ1) is 10.4. The fourth-order valence-electron chi connectivity index (χ4n) is 3.54. The highest BCUT2D eigenvalue weighted by Crippen LogP contribution is 2.46. The van der Waals surface area contributed by atoms with E-state index >= 15 is 0 Å².